The minimum absolute atomic E-state index is 0.0178. The lowest BCUT2D eigenvalue weighted by molar-refractivity contribution is -0.162. The third-order valence-electron chi connectivity index (χ3n) is 8.47. The van der Waals surface area contributed by atoms with Gasteiger partial charge in [0.15, 0.2) is 0 Å². The largest absolute Gasteiger partial charge is 0.465 e. The van der Waals surface area contributed by atoms with Gasteiger partial charge in [-0.25, -0.2) is 0 Å². The lowest BCUT2D eigenvalue weighted by Crippen LogP contribution is -2.56. The molecule has 0 saturated carbocycles. The highest BCUT2D eigenvalue weighted by Crippen LogP contribution is 2.64. The molecule has 0 radical (unpaired) electrons. The van der Waals surface area contributed by atoms with E-state index in [2.05, 4.69) is 20.1 Å². The Morgan fingerprint density at radius 3 is 2.59 bits per heavy atom. The second-order valence-corrected chi connectivity index (χ2v) is 10.7. The molecule has 1 spiro atoms. The minimum Gasteiger partial charge on any atom is -0.465 e. The minimum atomic E-state index is -1.04. The number of aliphatic hydroxyl groups excluding tert-OH is 1. The molecule has 3 heterocycles. The third-order valence-corrected chi connectivity index (χ3v) is 8.47. The van der Waals surface area contributed by atoms with Gasteiger partial charge in [0.25, 0.3) is 0 Å². The van der Waals surface area contributed by atoms with Crippen molar-refractivity contribution in [3.8, 4) is 0 Å². The summed E-state index contributed by atoms with van der Waals surface area (Å²) < 4.78 is 12.4. The van der Waals surface area contributed by atoms with Crippen LogP contribution < -0.4 is 0 Å². The summed E-state index contributed by atoms with van der Waals surface area (Å²) in [6, 6.07) is -0.794. The first-order valence-electron chi connectivity index (χ1n) is 14.2. The molecule has 2 unspecified atom stereocenters. The molecule has 1 N–H and O–H groups in total. The lowest BCUT2D eigenvalue weighted by atomic mass is 9.65. The maximum atomic E-state index is 14.2. The van der Waals surface area contributed by atoms with Gasteiger partial charge in [-0.05, 0) is 51.4 Å². The quantitative estimate of drug-likeness (QED) is 0.179. The first-order chi connectivity index (χ1) is 17.9. The Morgan fingerprint density at radius 2 is 1.95 bits per heavy atom. The zero-order valence-electron chi connectivity index (χ0n) is 22.8. The summed E-state index contributed by atoms with van der Waals surface area (Å²) >= 11 is 0. The van der Waals surface area contributed by atoms with Crippen molar-refractivity contribution in [2.24, 2.45) is 11.8 Å². The summed E-state index contributed by atoms with van der Waals surface area (Å²) in [5.41, 5.74) is -1.84. The van der Waals surface area contributed by atoms with E-state index in [0.717, 1.165) is 25.7 Å². The Bertz CT molecular complexity index is 846. The topological polar surface area (TPSA) is 96.4 Å². The Kier molecular flexibility index (Phi) is 10.4. The van der Waals surface area contributed by atoms with Gasteiger partial charge in [0.2, 0.25) is 11.8 Å². The fourth-order valence-corrected chi connectivity index (χ4v) is 6.65. The number of amides is 2. The molecule has 8 nitrogen and oxygen atoms in total. The molecular weight excluding hydrogens is 472 g/mol. The number of unbranched alkanes of at least 4 members (excludes halogenated alkanes) is 4. The highest BCUT2D eigenvalue weighted by atomic mass is 16.6. The van der Waals surface area contributed by atoms with Crippen LogP contribution in [0.5, 0.6) is 0 Å². The number of hydrogen-bond donors (Lipinski definition) is 1. The van der Waals surface area contributed by atoms with Crippen LogP contribution >= 0.6 is 0 Å². The molecule has 5 atom stereocenters. The summed E-state index contributed by atoms with van der Waals surface area (Å²) in [6.07, 6.45) is 10.7. The van der Waals surface area contributed by atoms with Gasteiger partial charge in [-0.3, -0.25) is 14.4 Å². The highest BCUT2D eigenvalue weighted by molar-refractivity contribution is 5.98. The van der Waals surface area contributed by atoms with Crippen LogP contribution in [0.15, 0.2) is 25.3 Å². The molecule has 2 bridgehead atoms. The lowest BCUT2D eigenvalue weighted by Gasteiger charge is -2.37. The van der Waals surface area contributed by atoms with Gasteiger partial charge < -0.3 is 24.4 Å². The summed E-state index contributed by atoms with van der Waals surface area (Å²) in [6.45, 7) is 13.3. The number of fused-ring (bicyclic) bond motifs is 1. The molecule has 37 heavy (non-hydrogen) atoms. The average molecular weight is 519 g/mol. The third kappa shape index (κ3) is 5.51. The van der Waals surface area contributed by atoms with Crippen LogP contribution in [-0.4, -0.2) is 82.8 Å². The van der Waals surface area contributed by atoms with Crippen LogP contribution in [0.4, 0.5) is 0 Å². The van der Waals surface area contributed by atoms with Crippen LogP contribution in [-0.2, 0) is 23.9 Å². The van der Waals surface area contributed by atoms with E-state index in [1.165, 1.54) is 0 Å². The van der Waals surface area contributed by atoms with Gasteiger partial charge in [-0.15, -0.1) is 13.2 Å². The van der Waals surface area contributed by atoms with E-state index in [1.54, 1.807) is 22.0 Å². The number of esters is 1. The molecule has 0 aromatic carbocycles. The number of likely N-dealkylation sites (tertiary alicyclic amines) is 1. The molecule has 208 valence electrons. The average Bonchev–Trinajstić information content (AvgIpc) is 3.50. The van der Waals surface area contributed by atoms with E-state index in [1.807, 2.05) is 6.92 Å². The predicted molar refractivity (Wildman–Crippen MR) is 142 cm³/mol. The summed E-state index contributed by atoms with van der Waals surface area (Å²) in [5.74, 6) is -2.21. The van der Waals surface area contributed by atoms with Crippen LogP contribution in [0.2, 0.25) is 0 Å². The summed E-state index contributed by atoms with van der Waals surface area (Å²) in [4.78, 5) is 45.1. The molecule has 3 saturated heterocycles. The van der Waals surface area contributed by atoms with Crippen molar-refractivity contribution >= 4 is 17.8 Å². The van der Waals surface area contributed by atoms with Crippen molar-refractivity contribution in [2.45, 2.75) is 95.3 Å². The van der Waals surface area contributed by atoms with E-state index in [-0.39, 0.29) is 25.0 Å². The van der Waals surface area contributed by atoms with Crippen molar-refractivity contribution in [1.29, 1.82) is 0 Å². The van der Waals surface area contributed by atoms with Crippen molar-refractivity contribution in [1.82, 2.24) is 9.80 Å². The summed E-state index contributed by atoms with van der Waals surface area (Å²) in [7, 11) is 0. The van der Waals surface area contributed by atoms with E-state index in [9.17, 15) is 19.5 Å². The van der Waals surface area contributed by atoms with Gasteiger partial charge in [-0.2, -0.15) is 0 Å². The Hall–Kier alpha value is -2.19. The molecule has 3 fully saturated rings. The van der Waals surface area contributed by atoms with Gasteiger partial charge >= 0.3 is 5.97 Å². The van der Waals surface area contributed by atoms with E-state index in [0.29, 0.717) is 58.2 Å². The molecule has 3 aliphatic heterocycles. The molecule has 8 heteroatoms. The van der Waals surface area contributed by atoms with Crippen LogP contribution in [0, 0.1) is 11.8 Å². The molecule has 3 rings (SSSR count). The fourth-order valence-electron chi connectivity index (χ4n) is 6.65. The smallest absolute Gasteiger partial charge is 0.312 e. The monoisotopic (exact) mass is 518 g/mol. The Balaban J connectivity index is 1.97. The number of rotatable bonds is 17. The molecule has 2 amide bonds. The predicted octanol–water partition coefficient (Wildman–Crippen LogP) is 3.63. The van der Waals surface area contributed by atoms with Crippen molar-refractivity contribution in [2.75, 3.05) is 32.8 Å². The number of carbonyl (C=O) groups excluding carboxylic acids is 3. The second-order valence-electron chi connectivity index (χ2n) is 10.7. The number of hydrogen-bond acceptors (Lipinski definition) is 6. The number of ether oxygens (including phenoxy) is 2. The van der Waals surface area contributed by atoms with Crippen LogP contribution in [0.1, 0.15) is 78.1 Å². The van der Waals surface area contributed by atoms with E-state index >= 15 is 0 Å². The number of allylic oxidation sites excluding steroid dienone is 1. The van der Waals surface area contributed by atoms with Gasteiger partial charge in [-0.1, -0.05) is 38.8 Å². The van der Waals surface area contributed by atoms with Crippen LogP contribution in [0.25, 0.3) is 0 Å². The van der Waals surface area contributed by atoms with Gasteiger partial charge in [0.1, 0.15) is 17.6 Å². The standard InChI is InChI=1S/C29H46N2O6/c1-5-9-11-18-30(17-7-3)26(34)24-29-16-15-28(8-4,37-29)23(27(35)36-21-14-10-6-2)22(29)25(33)31(24)19-12-13-20-32/h6-7,22-24,32H,2-3,5,8-21H2,1,4H3/t22-,23-,24?,28+,29?/m0/s1. The zero-order valence-corrected chi connectivity index (χ0v) is 22.8. The maximum absolute atomic E-state index is 14.2. The number of carbonyl (C=O) groups is 3. The van der Waals surface area contributed by atoms with Crippen molar-refractivity contribution in [3.05, 3.63) is 25.3 Å². The van der Waals surface area contributed by atoms with Crippen molar-refractivity contribution in [3.63, 3.8) is 0 Å². The number of aliphatic hydroxyl groups is 1. The van der Waals surface area contributed by atoms with Crippen molar-refractivity contribution < 1.29 is 29.0 Å². The Labute approximate surface area is 222 Å². The zero-order chi connectivity index (χ0) is 27.1. The molecular formula is C29H46N2O6. The summed E-state index contributed by atoms with van der Waals surface area (Å²) in [5, 5.41) is 9.34. The van der Waals surface area contributed by atoms with Gasteiger partial charge in [0.05, 0.1) is 18.1 Å². The first kappa shape index (κ1) is 29.4. The van der Waals surface area contributed by atoms with Crippen LogP contribution in [0.3, 0.4) is 0 Å². The molecule has 0 aromatic rings. The maximum Gasteiger partial charge on any atom is 0.312 e. The normalized spacial score (nSPS) is 29.9. The first-order valence-corrected chi connectivity index (χ1v) is 14.2. The van der Waals surface area contributed by atoms with E-state index in [4.69, 9.17) is 9.47 Å². The second kappa shape index (κ2) is 13.1. The Morgan fingerprint density at radius 1 is 1.16 bits per heavy atom. The number of nitrogens with zero attached hydrogens (tertiary/aromatic N) is 2. The van der Waals surface area contributed by atoms with E-state index < -0.39 is 35.0 Å². The highest BCUT2D eigenvalue weighted by Gasteiger charge is 2.79. The molecule has 0 aliphatic carbocycles. The fraction of sp³-hybridized carbons (Fsp3) is 0.759. The van der Waals surface area contributed by atoms with Gasteiger partial charge in [0, 0.05) is 26.2 Å². The molecule has 3 aliphatic rings. The molecule has 0 aromatic heterocycles. The SMILES string of the molecule is C=CCCCOC(=O)[C@@H]1[C@H]2C(=O)N(CCCCO)C(C(=O)N(CC=C)CCCCC)C23CC[C@@]1(CC)O3.